The zero-order valence-corrected chi connectivity index (χ0v) is 59.0. The number of hydrogen-bond acceptors (Lipinski definition) is 8. The first-order chi connectivity index (χ1) is 43.8. The summed E-state index contributed by atoms with van der Waals surface area (Å²) < 4.78 is 11.3. The van der Waals surface area contributed by atoms with Crippen molar-refractivity contribution in [2.45, 2.75) is 442 Å². The Balaban J connectivity index is 2.09. The van der Waals surface area contributed by atoms with Gasteiger partial charge in [-0.05, 0) is 64.2 Å². The summed E-state index contributed by atoms with van der Waals surface area (Å²) >= 11 is 0. The number of amides is 1. The molecule has 0 bridgehead atoms. The number of ether oxygens (including phenoxy) is 2. The Hall–Kier alpha value is -1.85. The third-order valence-electron chi connectivity index (χ3n) is 18.9. The number of allylic oxidation sites excluding steroid dienone is 7. The molecule has 1 heterocycles. The highest BCUT2D eigenvalue weighted by Gasteiger charge is 2.44. The first-order valence-corrected chi connectivity index (χ1v) is 39.4. The molecule has 1 saturated heterocycles. The number of aliphatic hydroxyl groups excluding tert-OH is 5. The van der Waals surface area contributed by atoms with Gasteiger partial charge in [0, 0.05) is 6.42 Å². The Morgan fingerprint density at radius 1 is 0.382 bits per heavy atom. The van der Waals surface area contributed by atoms with Gasteiger partial charge in [-0.3, -0.25) is 4.79 Å². The van der Waals surface area contributed by atoms with Crippen LogP contribution in [-0.2, 0) is 14.3 Å². The summed E-state index contributed by atoms with van der Waals surface area (Å²) in [5.41, 5.74) is 0. The normalized spacial score (nSPS) is 18.0. The average Bonchev–Trinajstić information content (AvgIpc) is 2.28. The van der Waals surface area contributed by atoms with Crippen LogP contribution in [0.4, 0.5) is 0 Å². The van der Waals surface area contributed by atoms with E-state index in [4.69, 9.17) is 9.47 Å². The van der Waals surface area contributed by atoms with Gasteiger partial charge in [0.1, 0.15) is 24.4 Å². The number of unbranched alkanes of at least 4 members (excludes halogenated alkanes) is 54. The number of nitrogens with one attached hydrogen (secondary N) is 1. The molecule has 6 N–H and O–H groups in total. The molecule has 0 saturated carbocycles. The molecule has 0 aromatic rings. The molecule has 0 aliphatic carbocycles. The second-order valence-corrected chi connectivity index (χ2v) is 27.5. The van der Waals surface area contributed by atoms with E-state index in [0.29, 0.717) is 6.42 Å². The Labute approximate surface area is 552 Å². The minimum absolute atomic E-state index is 0.179. The lowest BCUT2D eigenvalue weighted by Crippen LogP contribution is -2.60. The lowest BCUT2D eigenvalue weighted by atomic mass is 9.99. The molecule has 0 aromatic carbocycles. The summed E-state index contributed by atoms with van der Waals surface area (Å²) in [5.74, 6) is -0.179. The van der Waals surface area contributed by atoms with Crippen molar-refractivity contribution in [3.05, 3.63) is 48.6 Å². The minimum Gasteiger partial charge on any atom is -0.394 e. The molecule has 1 rings (SSSR count). The van der Waals surface area contributed by atoms with E-state index in [1.165, 1.54) is 334 Å². The average molecular weight is 1260 g/mol. The Morgan fingerprint density at radius 2 is 0.674 bits per heavy atom. The van der Waals surface area contributed by atoms with Crippen molar-refractivity contribution in [1.82, 2.24) is 5.32 Å². The first-order valence-electron chi connectivity index (χ1n) is 39.4. The molecule has 7 atom stereocenters. The van der Waals surface area contributed by atoms with E-state index < -0.39 is 49.5 Å². The molecule has 7 unspecified atom stereocenters. The maximum absolute atomic E-state index is 13.2. The SMILES string of the molecule is CCCCCCC/C=C\C/C=C\CCCCCCCCCCCCCCCCCCCCCCCCCC(=O)NC(COC1OC(CO)C(O)C(O)C1O)C(O)/C=C/CC/C=C/CCCCCCCCCCCCCCCCCCCCCCCCCCC. The molecule has 524 valence electrons. The maximum atomic E-state index is 13.2. The van der Waals surface area contributed by atoms with E-state index in [2.05, 4.69) is 55.6 Å². The van der Waals surface area contributed by atoms with Crippen molar-refractivity contribution in [2.75, 3.05) is 13.2 Å². The van der Waals surface area contributed by atoms with Crippen LogP contribution in [0.15, 0.2) is 48.6 Å². The van der Waals surface area contributed by atoms with Crippen molar-refractivity contribution in [2.24, 2.45) is 0 Å². The van der Waals surface area contributed by atoms with Crippen molar-refractivity contribution in [3.63, 3.8) is 0 Å². The third-order valence-corrected chi connectivity index (χ3v) is 18.9. The van der Waals surface area contributed by atoms with Crippen molar-refractivity contribution >= 4 is 5.91 Å². The molecule has 0 spiro atoms. The van der Waals surface area contributed by atoms with Crippen LogP contribution in [0.5, 0.6) is 0 Å². The number of carbonyl (C=O) groups excluding carboxylic acids is 1. The standard InChI is InChI=1S/C80H151NO8/c1-3-5-7-9-11-13-15-17-19-21-23-25-27-29-31-33-35-36-37-38-40-42-44-46-48-50-52-54-56-58-60-62-64-66-68-70-76(84)81-73(72-88-80-79(87)78(86)77(85)75(71-82)89-80)74(83)69-67-65-63-61-59-57-55-53-51-49-47-45-43-41-39-34-32-30-28-26-24-22-20-18-16-14-12-10-8-6-4-2/h15,17,21,23,59,61,67,69,73-75,77-80,82-83,85-87H,3-14,16,18-20,22,24-58,60,62-66,68,70-72H2,1-2H3,(H,81,84)/b17-15-,23-21-,61-59+,69-67+. The van der Waals surface area contributed by atoms with E-state index in [-0.39, 0.29) is 12.5 Å². The summed E-state index contributed by atoms with van der Waals surface area (Å²) in [7, 11) is 0. The minimum atomic E-state index is -1.57. The Morgan fingerprint density at radius 3 is 1.01 bits per heavy atom. The summed E-state index contributed by atoms with van der Waals surface area (Å²) in [4.78, 5) is 13.2. The van der Waals surface area contributed by atoms with E-state index in [1.807, 2.05) is 6.08 Å². The van der Waals surface area contributed by atoms with Gasteiger partial charge in [-0.1, -0.05) is 377 Å². The molecule has 1 aliphatic rings. The number of hydrogen-bond donors (Lipinski definition) is 6. The number of rotatable bonds is 70. The van der Waals surface area contributed by atoms with Crippen LogP contribution in [0.2, 0.25) is 0 Å². The molecule has 9 nitrogen and oxygen atoms in total. The molecule has 0 radical (unpaired) electrons. The van der Waals surface area contributed by atoms with Gasteiger partial charge in [0.2, 0.25) is 5.91 Å². The highest BCUT2D eigenvalue weighted by Crippen LogP contribution is 2.24. The zero-order valence-electron chi connectivity index (χ0n) is 59.0. The summed E-state index contributed by atoms with van der Waals surface area (Å²) in [6.45, 7) is 3.81. The van der Waals surface area contributed by atoms with Crippen LogP contribution in [0.1, 0.15) is 399 Å². The summed E-state index contributed by atoms with van der Waals surface area (Å²) in [6, 6.07) is -0.823. The van der Waals surface area contributed by atoms with E-state index in [1.54, 1.807) is 6.08 Å². The van der Waals surface area contributed by atoms with E-state index >= 15 is 0 Å². The second-order valence-electron chi connectivity index (χ2n) is 27.5. The topological polar surface area (TPSA) is 149 Å². The van der Waals surface area contributed by atoms with Crippen LogP contribution in [0.25, 0.3) is 0 Å². The predicted molar refractivity (Wildman–Crippen MR) is 383 cm³/mol. The highest BCUT2D eigenvalue weighted by molar-refractivity contribution is 5.76. The molecular weight excluding hydrogens is 1100 g/mol. The molecule has 1 fully saturated rings. The maximum Gasteiger partial charge on any atom is 0.220 e. The molecule has 89 heavy (non-hydrogen) atoms. The largest absolute Gasteiger partial charge is 0.394 e. The summed E-state index contributed by atoms with van der Waals surface area (Å²) in [5, 5.41) is 54.9. The van der Waals surface area contributed by atoms with E-state index in [9.17, 15) is 30.3 Å². The van der Waals surface area contributed by atoms with Crippen LogP contribution >= 0.6 is 0 Å². The lowest BCUT2D eigenvalue weighted by molar-refractivity contribution is -0.302. The number of aliphatic hydroxyl groups is 5. The zero-order chi connectivity index (χ0) is 64.2. The smallest absolute Gasteiger partial charge is 0.220 e. The summed E-state index contributed by atoms with van der Waals surface area (Å²) in [6.07, 6.45) is 88.3. The Kier molecular flexibility index (Phi) is 66.0. The predicted octanol–water partition coefficient (Wildman–Crippen LogP) is 22.3. The fraction of sp³-hybridized carbons (Fsp3) is 0.887. The quantitative estimate of drug-likeness (QED) is 0.0261. The second kappa shape index (κ2) is 69.0. The monoisotopic (exact) mass is 1250 g/mol. The van der Waals surface area contributed by atoms with Gasteiger partial charge in [-0.25, -0.2) is 0 Å². The third kappa shape index (κ3) is 57.3. The first kappa shape index (κ1) is 85.2. The van der Waals surface area contributed by atoms with Crippen LogP contribution in [0, 0.1) is 0 Å². The van der Waals surface area contributed by atoms with Gasteiger partial charge in [0.05, 0.1) is 25.4 Å². The Bertz CT molecular complexity index is 1550. The van der Waals surface area contributed by atoms with Gasteiger partial charge < -0.3 is 40.3 Å². The fourth-order valence-corrected chi connectivity index (χ4v) is 12.7. The highest BCUT2D eigenvalue weighted by atomic mass is 16.7. The van der Waals surface area contributed by atoms with Crippen molar-refractivity contribution in [1.29, 1.82) is 0 Å². The molecule has 0 aromatic heterocycles. The van der Waals surface area contributed by atoms with Crippen LogP contribution < -0.4 is 5.32 Å². The molecular formula is C80H151NO8. The van der Waals surface area contributed by atoms with Crippen molar-refractivity contribution in [3.8, 4) is 0 Å². The van der Waals surface area contributed by atoms with Crippen LogP contribution in [-0.4, -0.2) is 87.5 Å². The van der Waals surface area contributed by atoms with Gasteiger partial charge in [0.25, 0.3) is 0 Å². The van der Waals surface area contributed by atoms with Gasteiger partial charge >= 0.3 is 0 Å². The van der Waals surface area contributed by atoms with Gasteiger partial charge in [0.15, 0.2) is 6.29 Å². The number of carbonyl (C=O) groups is 1. The van der Waals surface area contributed by atoms with E-state index in [0.717, 1.165) is 44.9 Å². The molecule has 9 heteroatoms. The lowest BCUT2D eigenvalue weighted by Gasteiger charge is -2.40. The molecule has 1 amide bonds. The van der Waals surface area contributed by atoms with Crippen molar-refractivity contribution < 1.29 is 39.8 Å². The van der Waals surface area contributed by atoms with Gasteiger partial charge in [-0.15, -0.1) is 0 Å². The molecule has 1 aliphatic heterocycles. The fourth-order valence-electron chi connectivity index (χ4n) is 12.7. The van der Waals surface area contributed by atoms with Gasteiger partial charge in [-0.2, -0.15) is 0 Å². The van der Waals surface area contributed by atoms with Crippen LogP contribution in [0.3, 0.4) is 0 Å².